The first kappa shape index (κ1) is 11.8. The van der Waals surface area contributed by atoms with Crippen LogP contribution < -0.4 is 5.32 Å². The molecule has 0 saturated heterocycles. The van der Waals surface area contributed by atoms with Crippen molar-refractivity contribution in [2.24, 2.45) is 0 Å². The van der Waals surface area contributed by atoms with E-state index in [4.69, 9.17) is 27.6 Å². The largest absolute Gasteiger partial charge is 0.438 e. The van der Waals surface area contributed by atoms with Gasteiger partial charge in [-0.2, -0.15) is 0 Å². The molecule has 0 atom stereocenters. The third-order valence-electron chi connectivity index (χ3n) is 1.93. The third-order valence-corrected chi connectivity index (χ3v) is 2.67. The molecule has 0 bridgehead atoms. The zero-order valence-electron chi connectivity index (χ0n) is 8.57. The Kier molecular flexibility index (Phi) is 3.26. The van der Waals surface area contributed by atoms with Crippen LogP contribution in [0.25, 0.3) is 0 Å². The van der Waals surface area contributed by atoms with Gasteiger partial charge in [-0.1, -0.05) is 23.2 Å². The number of nitrogens with zero attached hydrogens (tertiary/aromatic N) is 3. The van der Waals surface area contributed by atoms with Crippen LogP contribution in [0.1, 0.15) is 16.2 Å². The summed E-state index contributed by atoms with van der Waals surface area (Å²) in [6.07, 6.45) is 2.37. The molecule has 0 aliphatic rings. The van der Waals surface area contributed by atoms with Crippen molar-refractivity contribution in [2.45, 2.75) is 6.92 Å². The van der Waals surface area contributed by atoms with Crippen LogP contribution in [0.5, 0.6) is 0 Å². The number of aromatic nitrogens is 3. The number of carbonyl (C=O) groups excluding carboxylic acids is 1. The molecule has 1 amide bonds. The Hall–Kier alpha value is -1.66. The molecule has 1 N–H and O–H groups in total. The zero-order valence-corrected chi connectivity index (χ0v) is 10.1. The first-order valence-corrected chi connectivity index (χ1v) is 5.22. The van der Waals surface area contributed by atoms with Crippen molar-refractivity contribution >= 4 is 34.9 Å². The van der Waals surface area contributed by atoms with Crippen molar-refractivity contribution in [3.8, 4) is 0 Å². The fourth-order valence-corrected chi connectivity index (χ4v) is 1.40. The smallest absolute Gasteiger partial charge is 0.294 e. The number of aryl methyl sites for hydroxylation is 1. The minimum atomic E-state index is -0.503. The van der Waals surface area contributed by atoms with Gasteiger partial charge in [-0.25, -0.2) is 15.0 Å². The predicted molar refractivity (Wildman–Crippen MR) is 61.2 cm³/mol. The van der Waals surface area contributed by atoms with Gasteiger partial charge in [-0.3, -0.25) is 4.79 Å². The van der Waals surface area contributed by atoms with Crippen LogP contribution >= 0.6 is 23.2 Å². The highest BCUT2D eigenvalue weighted by atomic mass is 35.5. The summed E-state index contributed by atoms with van der Waals surface area (Å²) in [5, 5.41) is 2.58. The Balaban J connectivity index is 2.25. The molecule has 0 saturated carbocycles. The van der Waals surface area contributed by atoms with Gasteiger partial charge < -0.3 is 9.73 Å². The zero-order chi connectivity index (χ0) is 12.4. The monoisotopic (exact) mass is 272 g/mol. The van der Waals surface area contributed by atoms with Gasteiger partial charge in [0.15, 0.2) is 17.4 Å². The second-order valence-corrected chi connectivity index (χ2v) is 3.78. The Morgan fingerprint density at radius 3 is 2.76 bits per heavy atom. The maximum atomic E-state index is 11.8. The van der Waals surface area contributed by atoms with Crippen LogP contribution in [0.4, 0.5) is 5.82 Å². The Labute approximate surface area is 106 Å². The maximum Gasteiger partial charge on any atom is 0.294 e. The first-order chi connectivity index (χ1) is 8.09. The van der Waals surface area contributed by atoms with Crippen molar-refractivity contribution in [1.82, 2.24) is 15.0 Å². The van der Waals surface area contributed by atoms with E-state index in [1.807, 2.05) is 0 Å². The van der Waals surface area contributed by atoms with Gasteiger partial charge in [0.05, 0.1) is 5.69 Å². The van der Waals surface area contributed by atoms with E-state index in [2.05, 4.69) is 20.3 Å². The van der Waals surface area contributed by atoms with E-state index >= 15 is 0 Å². The first-order valence-electron chi connectivity index (χ1n) is 4.47. The lowest BCUT2D eigenvalue weighted by atomic mass is 10.3. The summed E-state index contributed by atoms with van der Waals surface area (Å²) < 4.78 is 4.93. The summed E-state index contributed by atoms with van der Waals surface area (Å²) in [5.41, 5.74) is 0.471. The molecule has 6 nitrogen and oxygen atoms in total. The topological polar surface area (TPSA) is 80.9 Å². The highest BCUT2D eigenvalue weighted by Gasteiger charge is 2.17. The van der Waals surface area contributed by atoms with Gasteiger partial charge in [0.25, 0.3) is 5.91 Å². The van der Waals surface area contributed by atoms with E-state index in [1.54, 1.807) is 6.92 Å². The van der Waals surface area contributed by atoms with Crippen LogP contribution in [0.3, 0.4) is 0 Å². The lowest BCUT2D eigenvalue weighted by molar-refractivity contribution is 0.0995. The van der Waals surface area contributed by atoms with Crippen LogP contribution in [0.15, 0.2) is 17.1 Å². The number of hydrogen-bond donors (Lipinski definition) is 1. The standard InChI is InChI=1S/C9H6Cl2N4O2/c1-4-6(17-3-14-4)9(16)15-8-5(10)7(11)12-2-13-8/h2-3H,1H3,(H,12,13,15,16). The van der Waals surface area contributed by atoms with E-state index in [0.29, 0.717) is 5.69 Å². The van der Waals surface area contributed by atoms with Crippen LogP contribution in [0.2, 0.25) is 10.2 Å². The summed E-state index contributed by atoms with van der Waals surface area (Å²) in [6.45, 7) is 1.65. The van der Waals surface area contributed by atoms with Crippen LogP contribution in [0, 0.1) is 6.92 Å². The summed E-state index contributed by atoms with van der Waals surface area (Å²) in [5.74, 6) is -0.292. The average molecular weight is 273 g/mol. The van der Waals surface area contributed by atoms with Crippen molar-refractivity contribution < 1.29 is 9.21 Å². The molecular formula is C9H6Cl2N4O2. The molecule has 0 unspecified atom stereocenters. The van der Waals surface area contributed by atoms with Gasteiger partial charge in [-0.05, 0) is 6.92 Å². The molecule has 0 spiro atoms. The number of anilines is 1. The van der Waals surface area contributed by atoms with Crippen LogP contribution in [-0.4, -0.2) is 20.9 Å². The van der Waals surface area contributed by atoms with E-state index in [0.717, 1.165) is 0 Å². The summed E-state index contributed by atoms with van der Waals surface area (Å²) in [6, 6.07) is 0. The minimum Gasteiger partial charge on any atom is -0.438 e. The Morgan fingerprint density at radius 2 is 2.12 bits per heavy atom. The molecule has 2 heterocycles. The number of nitrogens with one attached hydrogen (secondary N) is 1. The van der Waals surface area contributed by atoms with Crippen LogP contribution in [-0.2, 0) is 0 Å². The van der Waals surface area contributed by atoms with Gasteiger partial charge in [-0.15, -0.1) is 0 Å². The van der Waals surface area contributed by atoms with Crippen molar-refractivity contribution in [3.63, 3.8) is 0 Å². The van der Waals surface area contributed by atoms with Gasteiger partial charge in [0.1, 0.15) is 11.3 Å². The number of amides is 1. The molecule has 17 heavy (non-hydrogen) atoms. The molecule has 8 heteroatoms. The molecule has 2 aromatic heterocycles. The molecule has 2 aromatic rings. The summed E-state index contributed by atoms with van der Waals surface area (Å²) >= 11 is 11.5. The number of carbonyl (C=O) groups is 1. The highest BCUT2D eigenvalue weighted by Crippen LogP contribution is 2.25. The lowest BCUT2D eigenvalue weighted by Gasteiger charge is -2.04. The molecule has 0 aromatic carbocycles. The second-order valence-electron chi connectivity index (χ2n) is 3.05. The molecule has 88 valence electrons. The average Bonchev–Trinajstić information content (AvgIpc) is 2.71. The molecule has 0 aliphatic heterocycles. The number of oxazole rings is 1. The normalized spacial score (nSPS) is 10.3. The summed E-state index contributed by atoms with van der Waals surface area (Å²) in [7, 11) is 0. The predicted octanol–water partition coefficient (Wildman–Crippen LogP) is 2.33. The second kappa shape index (κ2) is 4.68. The Morgan fingerprint density at radius 1 is 1.35 bits per heavy atom. The van der Waals surface area contributed by atoms with Crippen molar-refractivity contribution in [2.75, 3.05) is 5.32 Å². The number of halogens is 2. The number of rotatable bonds is 2. The van der Waals surface area contributed by atoms with E-state index < -0.39 is 5.91 Å². The molecular weight excluding hydrogens is 267 g/mol. The fourth-order valence-electron chi connectivity index (χ4n) is 1.12. The van der Waals surface area contributed by atoms with Gasteiger partial charge in [0.2, 0.25) is 5.76 Å². The van der Waals surface area contributed by atoms with Crippen molar-refractivity contribution in [3.05, 3.63) is 34.4 Å². The molecule has 2 rings (SSSR count). The molecule has 0 fully saturated rings. The van der Waals surface area contributed by atoms with Crippen molar-refractivity contribution in [1.29, 1.82) is 0 Å². The highest BCUT2D eigenvalue weighted by molar-refractivity contribution is 6.43. The quantitative estimate of drug-likeness (QED) is 0.849. The fraction of sp³-hybridized carbons (Fsp3) is 0.111. The van der Waals surface area contributed by atoms with E-state index in [1.165, 1.54) is 12.7 Å². The lowest BCUT2D eigenvalue weighted by Crippen LogP contribution is -2.14. The van der Waals surface area contributed by atoms with E-state index in [-0.39, 0.29) is 21.8 Å². The molecule has 0 aliphatic carbocycles. The maximum absolute atomic E-state index is 11.8. The molecule has 0 radical (unpaired) electrons. The third kappa shape index (κ3) is 2.37. The SMILES string of the molecule is Cc1ncoc1C(=O)Nc1ncnc(Cl)c1Cl. The van der Waals surface area contributed by atoms with E-state index in [9.17, 15) is 4.79 Å². The van der Waals surface area contributed by atoms with Gasteiger partial charge >= 0.3 is 0 Å². The Bertz CT molecular complexity index is 570. The number of hydrogen-bond acceptors (Lipinski definition) is 5. The minimum absolute atomic E-state index is 0.0614. The summed E-state index contributed by atoms with van der Waals surface area (Å²) in [4.78, 5) is 23.0. The van der Waals surface area contributed by atoms with Gasteiger partial charge in [0, 0.05) is 0 Å².